The van der Waals surface area contributed by atoms with Gasteiger partial charge in [0.1, 0.15) is 0 Å². The molecule has 68 valence electrons. The number of para-hydroxylation sites is 1. The van der Waals surface area contributed by atoms with Crippen molar-refractivity contribution >= 4 is 27.5 Å². The van der Waals surface area contributed by atoms with Gasteiger partial charge in [-0.3, -0.25) is 4.79 Å². The SMILES string of the molecule is O=C1N(c2ccccc2)CC1(F)Br. The van der Waals surface area contributed by atoms with Crippen molar-refractivity contribution in [2.24, 2.45) is 0 Å². The Morgan fingerprint density at radius 2 is 2.00 bits per heavy atom. The van der Waals surface area contributed by atoms with E-state index in [1.165, 1.54) is 4.90 Å². The third-order valence-corrected chi connectivity index (χ3v) is 2.57. The molecular weight excluding hydrogens is 237 g/mol. The number of alkyl halides is 2. The summed E-state index contributed by atoms with van der Waals surface area (Å²) in [7, 11) is 0. The highest BCUT2D eigenvalue weighted by Gasteiger charge is 2.51. The second-order valence-corrected chi connectivity index (χ2v) is 4.19. The predicted molar refractivity (Wildman–Crippen MR) is 51.6 cm³/mol. The highest BCUT2D eigenvalue weighted by molar-refractivity contribution is 9.10. The first-order valence-electron chi connectivity index (χ1n) is 3.86. The van der Waals surface area contributed by atoms with Crippen LogP contribution < -0.4 is 4.90 Å². The van der Waals surface area contributed by atoms with Gasteiger partial charge in [0, 0.05) is 5.69 Å². The molecular formula is C9H7BrFNO. The summed E-state index contributed by atoms with van der Waals surface area (Å²) in [5.74, 6) is -0.529. The van der Waals surface area contributed by atoms with E-state index in [-0.39, 0.29) is 6.54 Å². The van der Waals surface area contributed by atoms with Crippen molar-refractivity contribution in [1.29, 1.82) is 0 Å². The lowest BCUT2D eigenvalue weighted by atomic mass is 10.1. The van der Waals surface area contributed by atoms with E-state index < -0.39 is 10.5 Å². The molecule has 1 aliphatic heterocycles. The molecule has 0 aromatic heterocycles. The van der Waals surface area contributed by atoms with Crippen molar-refractivity contribution in [3.63, 3.8) is 0 Å². The zero-order valence-corrected chi connectivity index (χ0v) is 8.29. The number of amides is 1. The average molecular weight is 244 g/mol. The number of anilines is 1. The second-order valence-electron chi connectivity index (χ2n) is 2.93. The minimum absolute atomic E-state index is 0.0792. The Kier molecular flexibility index (Phi) is 1.87. The molecule has 2 nitrogen and oxygen atoms in total. The summed E-state index contributed by atoms with van der Waals surface area (Å²) in [5, 5.41) is 0. The maximum Gasteiger partial charge on any atom is 0.277 e. The fourth-order valence-corrected chi connectivity index (χ4v) is 1.73. The largest absolute Gasteiger partial charge is 0.304 e. The number of nitrogens with zero attached hydrogens (tertiary/aromatic N) is 1. The molecule has 1 atom stereocenters. The van der Waals surface area contributed by atoms with Gasteiger partial charge in [0.05, 0.1) is 6.54 Å². The molecule has 0 spiro atoms. The third-order valence-electron chi connectivity index (χ3n) is 1.98. The normalized spacial score (nSPS) is 27.2. The highest BCUT2D eigenvalue weighted by atomic mass is 79.9. The minimum Gasteiger partial charge on any atom is -0.304 e. The van der Waals surface area contributed by atoms with E-state index in [4.69, 9.17) is 0 Å². The number of hydrogen-bond donors (Lipinski definition) is 0. The molecule has 1 unspecified atom stereocenters. The fraction of sp³-hybridized carbons (Fsp3) is 0.222. The van der Waals surface area contributed by atoms with Gasteiger partial charge in [-0.25, -0.2) is 4.39 Å². The zero-order chi connectivity index (χ0) is 9.47. The van der Waals surface area contributed by atoms with E-state index in [1.807, 2.05) is 18.2 Å². The lowest BCUT2D eigenvalue weighted by Crippen LogP contribution is -2.61. The number of halogens is 2. The first kappa shape index (κ1) is 8.69. The van der Waals surface area contributed by atoms with Crippen molar-refractivity contribution in [2.75, 3.05) is 11.4 Å². The number of rotatable bonds is 1. The Balaban J connectivity index is 2.20. The standard InChI is InChI=1S/C9H7BrFNO/c10-9(11)6-12(8(9)13)7-4-2-1-3-5-7/h1-5H,6H2. The van der Waals surface area contributed by atoms with Crippen molar-refractivity contribution in [3.8, 4) is 0 Å². The van der Waals surface area contributed by atoms with Crippen LogP contribution in [0.15, 0.2) is 30.3 Å². The molecule has 1 aliphatic rings. The van der Waals surface area contributed by atoms with E-state index in [0.29, 0.717) is 0 Å². The molecule has 0 radical (unpaired) electrons. The van der Waals surface area contributed by atoms with Crippen LogP contribution in [0.25, 0.3) is 0 Å². The molecule has 0 bridgehead atoms. The molecule has 2 rings (SSSR count). The van der Waals surface area contributed by atoms with Crippen LogP contribution >= 0.6 is 15.9 Å². The lowest BCUT2D eigenvalue weighted by Gasteiger charge is -2.39. The minimum atomic E-state index is -1.84. The number of carbonyl (C=O) groups is 1. The summed E-state index contributed by atoms with van der Waals surface area (Å²) >= 11 is 2.71. The van der Waals surface area contributed by atoms with Gasteiger partial charge < -0.3 is 4.90 Å². The summed E-state index contributed by atoms with van der Waals surface area (Å²) in [5.41, 5.74) is 0.736. The van der Waals surface area contributed by atoms with Gasteiger partial charge in [-0.1, -0.05) is 18.2 Å². The zero-order valence-electron chi connectivity index (χ0n) is 6.71. The lowest BCUT2D eigenvalue weighted by molar-refractivity contribution is -0.130. The fourth-order valence-electron chi connectivity index (χ4n) is 1.26. The van der Waals surface area contributed by atoms with Gasteiger partial charge in [0.2, 0.25) is 0 Å². The van der Waals surface area contributed by atoms with Crippen molar-refractivity contribution in [3.05, 3.63) is 30.3 Å². The quantitative estimate of drug-likeness (QED) is 0.547. The molecule has 0 aliphatic carbocycles. The molecule has 1 fully saturated rings. The molecule has 1 saturated heterocycles. The van der Waals surface area contributed by atoms with Crippen molar-refractivity contribution in [2.45, 2.75) is 4.58 Å². The van der Waals surface area contributed by atoms with Crippen molar-refractivity contribution in [1.82, 2.24) is 0 Å². The topological polar surface area (TPSA) is 20.3 Å². The average Bonchev–Trinajstić information content (AvgIpc) is 2.15. The second kappa shape index (κ2) is 2.80. The van der Waals surface area contributed by atoms with Gasteiger partial charge in [-0.05, 0) is 28.1 Å². The highest BCUT2D eigenvalue weighted by Crippen LogP contribution is 2.36. The van der Waals surface area contributed by atoms with Crippen LogP contribution in [0.3, 0.4) is 0 Å². The van der Waals surface area contributed by atoms with Gasteiger partial charge in [0.15, 0.2) is 0 Å². The van der Waals surface area contributed by atoms with Crippen LogP contribution in [0.2, 0.25) is 0 Å². The maximum atomic E-state index is 13.1. The van der Waals surface area contributed by atoms with Gasteiger partial charge >= 0.3 is 0 Å². The van der Waals surface area contributed by atoms with Crippen LogP contribution in [0.5, 0.6) is 0 Å². The summed E-state index contributed by atoms with van der Waals surface area (Å²) < 4.78 is 11.2. The Bertz CT molecular complexity index is 339. The number of hydrogen-bond acceptors (Lipinski definition) is 1. The smallest absolute Gasteiger partial charge is 0.277 e. The van der Waals surface area contributed by atoms with E-state index in [2.05, 4.69) is 15.9 Å². The van der Waals surface area contributed by atoms with E-state index in [0.717, 1.165) is 5.69 Å². The summed E-state index contributed by atoms with van der Waals surface area (Å²) in [4.78, 5) is 12.6. The number of β-lactam (4-membered cyclic amide) rings is 1. The molecule has 13 heavy (non-hydrogen) atoms. The molecule has 1 heterocycles. The molecule has 0 saturated carbocycles. The Morgan fingerprint density at radius 1 is 1.38 bits per heavy atom. The van der Waals surface area contributed by atoms with Crippen LogP contribution in [0, 0.1) is 0 Å². The Labute approximate surface area is 83.5 Å². The molecule has 4 heteroatoms. The van der Waals surface area contributed by atoms with E-state index in [1.54, 1.807) is 12.1 Å². The molecule has 1 aromatic rings. The summed E-state index contributed by atoms with van der Waals surface area (Å²) in [6.45, 7) is 0.0792. The first-order chi connectivity index (χ1) is 6.11. The first-order valence-corrected chi connectivity index (χ1v) is 4.65. The Morgan fingerprint density at radius 3 is 2.46 bits per heavy atom. The van der Waals surface area contributed by atoms with Gasteiger partial charge in [-0.2, -0.15) is 0 Å². The summed E-state index contributed by atoms with van der Waals surface area (Å²) in [6, 6.07) is 9.04. The van der Waals surface area contributed by atoms with Gasteiger partial charge in [0.25, 0.3) is 10.5 Å². The maximum absolute atomic E-state index is 13.1. The molecule has 0 N–H and O–H groups in total. The van der Waals surface area contributed by atoms with Crippen LogP contribution in [0.4, 0.5) is 10.1 Å². The van der Waals surface area contributed by atoms with E-state index >= 15 is 0 Å². The van der Waals surface area contributed by atoms with Gasteiger partial charge in [-0.15, -0.1) is 0 Å². The predicted octanol–water partition coefficient (Wildman–Crippen LogP) is 2.09. The third kappa shape index (κ3) is 1.35. The molecule has 1 aromatic carbocycles. The van der Waals surface area contributed by atoms with E-state index in [9.17, 15) is 9.18 Å². The van der Waals surface area contributed by atoms with Crippen LogP contribution in [-0.2, 0) is 4.79 Å². The van der Waals surface area contributed by atoms with Crippen molar-refractivity contribution < 1.29 is 9.18 Å². The van der Waals surface area contributed by atoms with Crippen LogP contribution in [-0.4, -0.2) is 17.0 Å². The number of benzene rings is 1. The van der Waals surface area contributed by atoms with Crippen LogP contribution in [0.1, 0.15) is 0 Å². The Hall–Kier alpha value is -0.900. The number of carbonyl (C=O) groups excluding carboxylic acids is 1. The summed E-state index contributed by atoms with van der Waals surface area (Å²) in [6.07, 6.45) is 0. The molecule has 1 amide bonds. The monoisotopic (exact) mass is 243 g/mol.